The number of thioether (sulfide) groups is 1. The number of nitriles is 1. The van der Waals surface area contributed by atoms with Crippen LogP contribution in [0.4, 0.5) is 0 Å². The zero-order valence-corrected chi connectivity index (χ0v) is 20.3. The standard InChI is InChI=1S/C23H31N5OS2/c1-4-16-8-9-18-17(12-16)13-19(31-18)21-25-26-22(27(21)2)30-14-20(29)28(3)23(15-24)10-6-5-7-11-23/h13,16H,4-12,14H2,1-3H3. The van der Waals surface area contributed by atoms with Gasteiger partial charge >= 0.3 is 0 Å². The monoisotopic (exact) mass is 457 g/mol. The second-order valence-electron chi connectivity index (χ2n) is 8.89. The molecule has 1 amide bonds. The van der Waals surface area contributed by atoms with Gasteiger partial charge in [0.25, 0.3) is 0 Å². The molecule has 0 aliphatic heterocycles. The number of thiophene rings is 1. The number of fused-ring (bicyclic) bond motifs is 1. The third-order valence-electron chi connectivity index (χ3n) is 7.05. The van der Waals surface area contributed by atoms with Crippen molar-refractivity contribution in [1.82, 2.24) is 19.7 Å². The van der Waals surface area contributed by atoms with Crippen molar-refractivity contribution >= 4 is 29.0 Å². The molecule has 1 fully saturated rings. The van der Waals surface area contributed by atoms with Crippen LogP contribution in [0.15, 0.2) is 11.2 Å². The molecule has 31 heavy (non-hydrogen) atoms. The van der Waals surface area contributed by atoms with Gasteiger partial charge in [-0.05, 0) is 49.7 Å². The maximum Gasteiger partial charge on any atom is 0.234 e. The van der Waals surface area contributed by atoms with E-state index in [2.05, 4.69) is 29.3 Å². The van der Waals surface area contributed by atoms with Gasteiger partial charge in [-0.25, -0.2) is 0 Å². The number of hydrogen-bond donors (Lipinski definition) is 0. The summed E-state index contributed by atoms with van der Waals surface area (Å²) < 4.78 is 1.99. The Labute approximate surface area is 193 Å². The van der Waals surface area contributed by atoms with Crippen LogP contribution in [-0.4, -0.2) is 43.9 Å². The Morgan fingerprint density at radius 1 is 1.39 bits per heavy atom. The second-order valence-corrected chi connectivity index (χ2v) is 11.0. The van der Waals surface area contributed by atoms with Crippen molar-refractivity contribution < 1.29 is 4.79 Å². The fourth-order valence-electron chi connectivity index (χ4n) is 4.83. The van der Waals surface area contributed by atoms with E-state index in [4.69, 9.17) is 0 Å². The van der Waals surface area contributed by atoms with E-state index in [1.165, 1.54) is 47.9 Å². The van der Waals surface area contributed by atoms with E-state index in [1.807, 2.05) is 23.0 Å². The van der Waals surface area contributed by atoms with Gasteiger partial charge in [0.2, 0.25) is 5.91 Å². The quantitative estimate of drug-likeness (QED) is 0.581. The predicted molar refractivity (Wildman–Crippen MR) is 125 cm³/mol. The molecular weight excluding hydrogens is 426 g/mol. The van der Waals surface area contributed by atoms with Crippen molar-refractivity contribution in [2.45, 2.75) is 75.4 Å². The molecule has 1 saturated carbocycles. The Hall–Kier alpha value is -1.85. The molecule has 0 N–H and O–H groups in total. The van der Waals surface area contributed by atoms with Crippen molar-refractivity contribution in [1.29, 1.82) is 5.26 Å². The van der Waals surface area contributed by atoms with E-state index in [0.29, 0.717) is 0 Å². The highest BCUT2D eigenvalue weighted by molar-refractivity contribution is 7.99. The molecule has 2 heterocycles. The Bertz CT molecular complexity index is 983. The maximum absolute atomic E-state index is 12.9. The van der Waals surface area contributed by atoms with Crippen molar-refractivity contribution in [3.8, 4) is 16.8 Å². The van der Waals surface area contributed by atoms with E-state index >= 15 is 0 Å². The van der Waals surface area contributed by atoms with Crippen LogP contribution >= 0.6 is 23.1 Å². The van der Waals surface area contributed by atoms with Gasteiger partial charge in [0.1, 0.15) is 5.54 Å². The molecule has 2 aliphatic rings. The minimum absolute atomic E-state index is 0.0183. The Morgan fingerprint density at radius 3 is 2.87 bits per heavy atom. The van der Waals surface area contributed by atoms with Gasteiger partial charge in [0.05, 0.1) is 16.7 Å². The molecule has 0 aromatic carbocycles. The summed E-state index contributed by atoms with van der Waals surface area (Å²) in [6, 6.07) is 4.72. The Balaban J connectivity index is 1.43. The average Bonchev–Trinajstić information content (AvgIpc) is 3.39. The first-order valence-electron chi connectivity index (χ1n) is 11.3. The van der Waals surface area contributed by atoms with Gasteiger partial charge in [0.15, 0.2) is 11.0 Å². The maximum atomic E-state index is 12.9. The zero-order chi connectivity index (χ0) is 22.0. The van der Waals surface area contributed by atoms with E-state index in [0.717, 1.165) is 53.9 Å². The summed E-state index contributed by atoms with van der Waals surface area (Å²) in [5, 5.41) is 19.3. The number of rotatable bonds is 6. The summed E-state index contributed by atoms with van der Waals surface area (Å²) in [5.74, 6) is 1.92. The molecule has 2 aromatic heterocycles. The van der Waals surface area contributed by atoms with E-state index in [9.17, 15) is 10.1 Å². The van der Waals surface area contributed by atoms with E-state index in [-0.39, 0.29) is 11.7 Å². The van der Waals surface area contributed by atoms with Gasteiger partial charge in [-0.3, -0.25) is 4.79 Å². The van der Waals surface area contributed by atoms with Crippen LogP contribution in [0.5, 0.6) is 0 Å². The summed E-state index contributed by atoms with van der Waals surface area (Å²) in [6.45, 7) is 2.28. The molecule has 1 atom stereocenters. The van der Waals surface area contributed by atoms with Crippen molar-refractivity contribution in [2.75, 3.05) is 12.8 Å². The first kappa shape index (κ1) is 22.3. The van der Waals surface area contributed by atoms with Crippen LogP contribution in [-0.2, 0) is 24.7 Å². The van der Waals surface area contributed by atoms with Gasteiger partial charge in [-0.1, -0.05) is 44.4 Å². The zero-order valence-electron chi connectivity index (χ0n) is 18.7. The fourth-order valence-corrected chi connectivity index (χ4v) is 6.89. The normalized spacial score (nSPS) is 20.1. The number of carbonyl (C=O) groups excluding carboxylic acids is 1. The first-order chi connectivity index (χ1) is 15.0. The van der Waals surface area contributed by atoms with Gasteiger partial charge in [-0.2, -0.15) is 5.26 Å². The first-order valence-corrected chi connectivity index (χ1v) is 13.1. The van der Waals surface area contributed by atoms with Crippen molar-refractivity contribution in [2.24, 2.45) is 13.0 Å². The highest BCUT2D eigenvalue weighted by Crippen LogP contribution is 2.38. The van der Waals surface area contributed by atoms with Crippen LogP contribution in [0.1, 0.15) is 62.3 Å². The molecule has 2 aliphatic carbocycles. The Morgan fingerprint density at radius 2 is 2.16 bits per heavy atom. The van der Waals surface area contributed by atoms with Crippen molar-refractivity contribution in [3.63, 3.8) is 0 Å². The summed E-state index contributed by atoms with van der Waals surface area (Å²) in [6.07, 6.45) is 9.56. The van der Waals surface area contributed by atoms with E-state index in [1.54, 1.807) is 11.9 Å². The predicted octanol–water partition coefficient (Wildman–Crippen LogP) is 4.84. The minimum Gasteiger partial charge on any atom is -0.326 e. The lowest BCUT2D eigenvalue weighted by Gasteiger charge is -2.39. The largest absolute Gasteiger partial charge is 0.326 e. The SMILES string of the molecule is CCC1CCc2sc(-c3nnc(SCC(=O)N(C)C4(C#N)CCCCC4)n3C)cc2C1. The van der Waals surface area contributed by atoms with Crippen LogP contribution in [0.2, 0.25) is 0 Å². The van der Waals surface area contributed by atoms with Crippen LogP contribution in [0.25, 0.3) is 10.7 Å². The number of nitrogens with zero attached hydrogens (tertiary/aromatic N) is 5. The second kappa shape index (κ2) is 9.33. The number of amides is 1. The number of aryl methyl sites for hydroxylation is 1. The van der Waals surface area contributed by atoms with Crippen LogP contribution < -0.4 is 0 Å². The molecule has 2 aromatic rings. The molecule has 4 rings (SSSR count). The van der Waals surface area contributed by atoms with Gasteiger partial charge < -0.3 is 9.47 Å². The van der Waals surface area contributed by atoms with Crippen LogP contribution in [0, 0.1) is 17.2 Å². The lowest BCUT2D eigenvalue weighted by Crippen LogP contribution is -2.50. The number of hydrogen-bond acceptors (Lipinski definition) is 6. The summed E-state index contributed by atoms with van der Waals surface area (Å²) in [7, 11) is 3.75. The lowest BCUT2D eigenvalue weighted by molar-refractivity contribution is -0.131. The van der Waals surface area contributed by atoms with E-state index < -0.39 is 5.54 Å². The number of carbonyl (C=O) groups is 1. The fraction of sp³-hybridized carbons (Fsp3) is 0.652. The van der Waals surface area contributed by atoms with Crippen molar-refractivity contribution in [3.05, 3.63) is 16.5 Å². The third kappa shape index (κ3) is 4.40. The Kier molecular flexibility index (Phi) is 6.73. The average molecular weight is 458 g/mol. The minimum atomic E-state index is -0.646. The summed E-state index contributed by atoms with van der Waals surface area (Å²) in [4.78, 5) is 17.2. The summed E-state index contributed by atoms with van der Waals surface area (Å²) >= 11 is 3.24. The molecule has 0 spiro atoms. The molecule has 0 saturated heterocycles. The topological polar surface area (TPSA) is 74.8 Å². The molecule has 0 bridgehead atoms. The third-order valence-corrected chi connectivity index (χ3v) is 9.29. The molecule has 1 unspecified atom stereocenters. The molecule has 6 nitrogen and oxygen atoms in total. The lowest BCUT2D eigenvalue weighted by atomic mass is 9.81. The molecule has 8 heteroatoms. The highest BCUT2D eigenvalue weighted by atomic mass is 32.2. The summed E-state index contributed by atoms with van der Waals surface area (Å²) in [5.41, 5.74) is 0.828. The van der Waals surface area contributed by atoms with Crippen LogP contribution in [0.3, 0.4) is 0 Å². The smallest absolute Gasteiger partial charge is 0.234 e. The highest BCUT2D eigenvalue weighted by Gasteiger charge is 2.38. The van der Waals surface area contributed by atoms with Gasteiger partial charge in [0, 0.05) is 19.0 Å². The molecule has 166 valence electrons. The molecule has 0 radical (unpaired) electrons. The number of aromatic nitrogens is 3. The van der Waals surface area contributed by atoms with Gasteiger partial charge in [-0.15, -0.1) is 21.5 Å². The molecular formula is C23H31N5OS2.